The molecular weight excluding hydrogens is 230 g/mol. The summed E-state index contributed by atoms with van der Waals surface area (Å²) in [4.78, 5) is 0. The number of rotatable bonds is 6. The maximum absolute atomic E-state index is 10.1. The van der Waals surface area contributed by atoms with E-state index in [4.69, 9.17) is 15.2 Å². The number of hydrogen-bond donors (Lipinski definition) is 2. The highest BCUT2D eigenvalue weighted by atomic mass is 16.5. The first-order valence-corrected chi connectivity index (χ1v) is 6.15. The summed E-state index contributed by atoms with van der Waals surface area (Å²) < 4.78 is 10.6. The van der Waals surface area contributed by atoms with Crippen molar-refractivity contribution in [3.63, 3.8) is 0 Å². The van der Waals surface area contributed by atoms with Gasteiger partial charge >= 0.3 is 0 Å². The molecule has 0 unspecified atom stereocenters. The number of aliphatic hydroxyl groups excluding tert-OH is 1. The van der Waals surface area contributed by atoms with Crippen LogP contribution in [0.2, 0.25) is 0 Å². The Hall–Kier alpha value is -1.26. The van der Waals surface area contributed by atoms with Crippen LogP contribution in [0.25, 0.3) is 0 Å². The van der Waals surface area contributed by atoms with Gasteiger partial charge in [-0.05, 0) is 18.4 Å². The Balaban J connectivity index is 3.01. The zero-order valence-electron chi connectivity index (χ0n) is 11.5. The summed E-state index contributed by atoms with van der Waals surface area (Å²) in [5.41, 5.74) is 6.87. The Bertz CT molecular complexity index is 379. The molecule has 1 aromatic rings. The van der Waals surface area contributed by atoms with Gasteiger partial charge in [-0.1, -0.05) is 26.0 Å². The minimum atomic E-state index is -0.592. The molecular formula is C14H23NO3. The molecule has 0 heterocycles. The van der Waals surface area contributed by atoms with Gasteiger partial charge in [-0.15, -0.1) is 0 Å². The van der Waals surface area contributed by atoms with E-state index < -0.39 is 12.1 Å². The first-order chi connectivity index (χ1) is 8.51. The number of para-hydroxylation sites is 1. The number of aliphatic hydroxyl groups is 1. The zero-order valence-corrected chi connectivity index (χ0v) is 11.5. The van der Waals surface area contributed by atoms with Crippen LogP contribution >= 0.6 is 0 Å². The number of nitrogens with two attached hydrogens (primary N) is 1. The molecule has 4 nitrogen and oxygen atoms in total. The molecule has 0 saturated carbocycles. The lowest BCUT2D eigenvalue weighted by atomic mass is 9.94. The molecule has 0 aliphatic heterocycles. The highest BCUT2D eigenvalue weighted by Gasteiger charge is 2.22. The van der Waals surface area contributed by atoms with Crippen molar-refractivity contribution in [2.75, 3.05) is 14.2 Å². The SMILES string of the molecule is COc1cccc([C@H](N)[C@H](O)CC(C)C)c1OC. The van der Waals surface area contributed by atoms with Crippen LogP contribution in [0.1, 0.15) is 31.9 Å². The van der Waals surface area contributed by atoms with Gasteiger partial charge < -0.3 is 20.3 Å². The zero-order chi connectivity index (χ0) is 13.7. The second kappa shape index (κ2) is 6.61. The number of ether oxygens (including phenoxy) is 2. The van der Waals surface area contributed by atoms with Crippen LogP contribution in [0.15, 0.2) is 18.2 Å². The van der Waals surface area contributed by atoms with Gasteiger partial charge in [-0.3, -0.25) is 0 Å². The van der Waals surface area contributed by atoms with E-state index >= 15 is 0 Å². The van der Waals surface area contributed by atoms with Crippen LogP contribution in [-0.4, -0.2) is 25.4 Å². The molecule has 0 aliphatic rings. The smallest absolute Gasteiger partial charge is 0.165 e. The van der Waals surface area contributed by atoms with Crippen molar-refractivity contribution in [1.29, 1.82) is 0 Å². The van der Waals surface area contributed by atoms with Crippen LogP contribution in [0.3, 0.4) is 0 Å². The summed E-state index contributed by atoms with van der Waals surface area (Å²) in [6.07, 6.45) is 0.0626. The van der Waals surface area contributed by atoms with Gasteiger partial charge in [0.05, 0.1) is 26.4 Å². The van der Waals surface area contributed by atoms with Crippen molar-refractivity contribution in [2.24, 2.45) is 11.7 Å². The van der Waals surface area contributed by atoms with Crippen molar-refractivity contribution >= 4 is 0 Å². The molecule has 2 atom stereocenters. The van der Waals surface area contributed by atoms with Crippen molar-refractivity contribution in [3.8, 4) is 11.5 Å². The third-order valence-corrected chi connectivity index (χ3v) is 2.92. The molecule has 0 amide bonds. The summed E-state index contributed by atoms with van der Waals surface area (Å²) >= 11 is 0. The van der Waals surface area contributed by atoms with Crippen molar-refractivity contribution in [2.45, 2.75) is 32.4 Å². The fraction of sp³-hybridized carbons (Fsp3) is 0.571. The van der Waals surface area contributed by atoms with E-state index in [-0.39, 0.29) is 0 Å². The third kappa shape index (κ3) is 3.37. The van der Waals surface area contributed by atoms with Gasteiger partial charge in [0, 0.05) is 5.56 Å². The topological polar surface area (TPSA) is 64.7 Å². The van der Waals surface area contributed by atoms with Crippen LogP contribution in [0.4, 0.5) is 0 Å². The van der Waals surface area contributed by atoms with E-state index in [9.17, 15) is 5.11 Å². The van der Waals surface area contributed by atoms with E-state index in [0.29, 0.717) is 23.8 Å². The summed E-state index contributed by atoms with van der Waals surface area (Å²) in [6.45, 7) is 4.11. The van der Waals surface area contributed by atoms with Crippen molar-refractivity contribution in [3.05, 3.63) is 23.8 Å². The maximum atomic E-state index is 10.1. The Labute approximate surface area is 109 Å². The molecule has 0 bridgehead atoms. The molecule has 3 N–H and O–H groups in total. The largest absolute Gasteiger partial charge is 0.493 e. The van der Waals surface area contributed by atoms with Gasteiger partial charge in [0.2, 0.25) is 0 Å². The van der Waals surface area contributed by atoms with Crippen LogP contribution < -0.4 is 15.2 Å². The van der Waals surface area contributed by atoms with Crippen LogP contribution in [0.5, 0.6) is 11.5 Å². The lowest BCUT2D eigenvalue weighted by Gasteiger charge is -2.23. The molecule has 0 fully saturated rings. The molecule has 0 spiro atoms. The normalized spacial score (nSPS) is 14.4. The van der Waals surface area contributed by atoms with E-state index in [1.165, 1.54) is 0 Å². The highest BCUT2D eigenvalue weighted by Crippen LogP contribution is 2.35. The average Bonchev–Trinajstić information content (AvgIpc) is 2.35. The quantitative estimate of drug-likeness (QED) is 0.815. The van der Waals surface area contributed by atoms with Gasteiger partial charge in [0.15, 0.2) is 11.5 Å². The van der Waals surface area contributed by atoms with E-state index in [2.05, 4.69) is 13.8 Å². The second-order valence-electron chi connectivity index (χ2n) is 4.81. The van der Waals surface area contributed by atoms with Crippen LogP contribution in [-0.2, 0) is 0 Å². The minimum Gasteiger partial charge on any atom is -0.493 e. The van der Waals surface area contributed by atoms with E-state index in [0.717, 1.165) is 5.56 Å². The molecule has 0 saturated heterocycles. The molecule has 0 aromatic heterocycles. The molecule has 1 rings (SSSR count). The Kier molecular flexibility index (Phi) is 5.44. The standard InChI is InChI=1S/C14H23NO3/c1-9(2)8-11(16)13(15)10-6-5-7-12(17-3)14(10)18-4/h5-7,9,11,13,16H,8,15H2,1-4H3/t11-,13+/m1/s1. The average molecular weight is 253 g/mol. The van der Waals surface area contributed by atoms with Gasteiger partial charge in [-0.2, -0.15) is 0 Å². The minimum absolute atomic E-state index is 0.391. The Morgan fingerprint density at radius 1 is 1.22 bits per heavy atom. The Morgan fingerprint density at radius 3 is 2.39 bits per heavy atom. The third-order valence-electron chi connectivity index (χ3n) is 2.92. The van der Waals surface area contributed by atoms with E-state index in [1.54, 1.807) is 14.2 Å². The molecule has 0 radical (unpaired) electrons. The monoisotopic (exact) mass is 253 g/mol. The molecule has 18 heavy (non-hydrogen) atoms. The fourth-order valence-corrected chi connectivity index (χ4v) is 2.01. The summed E-state index contributed by atoms with van der Waals surface area (Å²) in [7, 11) is 3.15. The predicted octanol–water partition coefficient (Wildman–Crippen LogP) is 2.11. The second-order valence-corrected chi connectivity index (χ2v) is 4.81. The summed E-state index contributed by atoms with van der Waals surface area (Å²) in [5, 5.41) is 10.1. The highest BCUT2D eigenvalue weighted by molar-refractivity contribution is 5.48. The molecule has 1 aromatic carbocycles. The Morgan fingerprint density at radius 2 is 1.89 bits per heavy atom. The van der Waals surface area contributed by atoms with Gasteiger partial charge in [-0.25, -0.2) is 0 Å². The molecule has 102 valence electrons. The van der Waals surface area contributed by atoms with Crippen LogP contribution in [0, 0.1) is 5.92 Å². The summed E-state index contributed by atoms with van der Waals surface area (Å²) in [6, 6.07) is 5.04. The first kappa shape index (κ1) is 14.8. The predicted molar refractivity (Wildman–Crippen MR) is 71.9 cm³/mol. The lowest BCUT2D eigenvalue weighted by molar-refractivity contribution is 0.119. The van der Waals surface area contributed by atoms with Gasteiger partial charge in [0.1, 0.15) is 0 Å². The number of benzene rings is 1. The molecule has 0 aliphatic carbocycles. The summed E-state index contributed by atoms with van der Waals surface area (Å²) in [5.74, 6) is 1.61. The van der Waals surface area contributed by atoms with Crippen molar-refractivity contribution in [1.82, 2.24) is 0 Å². The first-order valence-electron chi connectivity index (χ1n) is 6.15. The molecule has 4 heteroatoms. The number of methoxy groups -OCH3 is 2. The maximum Gasteiger partial charge on any atom is 0.165 e. The lowest BCUT2D eigenvalue weighted by Crippen LogP contribution is -2.28. The fourth-order valence-electron chi connectivity index (χ4n) is 2.01. The van der Waals surface area contributed by atoms with Gasteiger partial charge in [0.25, 0.3) is 0 Å². The van der Waals surface area contributed by atoms with E-state index in [1.807, 2.05) is 18.2 Å². The number of hydrogen-bond acceptors (Lipinski definition) is 4. The van der Waals surface area contributed by atoms with Crippen molar-refractivity contribution < 1.29 is 14.6 Å².